The molecule has 1 aliphatic rings. The number of rotatable bonds is 5. The Kier molecular flexibility index (Phi) is 5.11. The predicted octanol–water partition coefficient (Wildman–Crippen LogP) is 3.33. The van der Waals surface area contributed by atoms with Crippen molar-refractivity contribution in [3.8, 4) is 6.07 Å². The van der Waals surface area contributed by atoms with Crippen molar-refractivity contribution in [1.82, 2.24) is 4.90 Å². The van der Waals surface area contributed by atoms with Gasteiger partial charge in [-0.25, -0.2) is 0 Å². The number of hydrogen-bond donors (Lipinski definition) is 0. The molecule has 2 nitrogen and oxygen atoms in total. The second kappa shape index (κ2) is 6.12. The van der Waals surface area contributed by atoms with Crippen LogP contribution in [-0.4, -0.2) is 23.5 Å². The molecule has 1 heterocycles. The SMILES string of the molecule is CCCC(C#N)(CCC)N1CCCCC1. The number of likely N-dealkylation sites (tertiary alicyclic amines) is 1. The maximum atomic E-state index is 9.50. The van der Waals surface area contributed by atoms with Crippen molar-refractivity contribution < 1.29 is 0 Å². The van der Waals surface area contributed by atoms with Crippen LogP contribution in [0.5, 0.6) is 0 Å². The van der Waals surface area contributed by atoms with Crippen molar-refractivity contribution >= 4 is 0 Å². The molecule has 0 aromatic carbocycles. The standard InChI is InChI=1S/C13H24N2/c1-3-8-13(12-14,9-4-2)15-10-6-5-7-11-15/h3-11H2,1-2H3. The first-order valence-electron chi connectivity index (χ1n) is 6.45. The summed E-state index contributed by atoms with van der Waals surface area (Å²) in [4.78, 5) is 2.45. The highest BCUT2D eigenvalue weighted by Crippen LogP contribution is 2.29. The van der Waals surface area contributed by atoms with Gasteiger partial charge in [-0.05, 0) is 38.8 Å². The molecular weight excluding hydrogens is 184 g/mol. The van der Waals surface area contributed by atoms with Crippen LogP contribution in [0.1, 0.15) is 58.8 Å². The van der Waals surface area contributed by atoms with Gasteiger partial charge in [0.05, 0.1) is 6.07 Å². The van der Waals surface area contributed by atoms with Crippen LogP contribution < -0.4 is 0 Å². The minimum Gasteiger partial charge on any atom is -0.286 e. The van der Waals surface area contributed by atoms with E-state index >= 15 is 0 Å². The lowest BCUT2D eigenvalue weighted by Gasteiger charge is -2.41. The van der Waals surface area contributed by atoms with E-state index in [-0.39, 0.29) is 5.54 Å². The molecule has 86 valence electrons. The fourth-order valence-corrected chi connectivity index (χ4v) is 2.77. The van der Waals surface area contributed by atoms with Crippen LogP contribution >= 0.6 is 0 Å². The smallest absolute Gasteiger partial charge is 0.109 e. The summed E-state index contributed by atoms with van der Waals surface area (Å²) >= 11 is 0. The lowest BCUT2D eigenvalue weighted by atomic mass is 9.86. The van der Waals surface area contributed by atoms with E-state index in [1.54, 1.807) is 0 Å². The maximum absolute atomic E-state index is 9.50. The van der Waals surface area contributed by atoms with Gasteiger partial charge in [0.15, 0.2) is 0 Å². The summed E-state index contributed by atoms with van der Waals surface area (Å²) in [5.41, 5.74) is -0.149. The van der Waals surface area contributed by atoms with E-state index in [4.69, 9.17) is 0 Å². The van der Waals surface area contributed by atoms with Gasteiger partial charge in [0.25, 0.3) is 0 Å². The minimum atomic E-state index is -0.149. The van der Waals surface area contributed by atoms with Crippen LogP contribution in [0.3, 0.4) is 0 Å². The quantitative estimate of drug-likeness (QED) is 0.693. The molecule has 0 saturated carbocycles. The monoisotopic (exact) mass is 208 g/mol. The Morgan fingerprint density at radius 3 is 2.00 bits per heavy atom. The second-order valence-corrected chi connectivity index (χ2v) is 4.69. The van der Waals surface area contributed by atoms with Crippen LogP contribution in [0.25, 0.3) is 0 Å². The lowest BCUT2D eigenvalue weighted by Crippen LogP contribution is -2.50. The lowest BCUT2D eigenvalue weighted by molar-refractivity contribution is 0.0933. The van der Waals surface area contributed by atoms with Crippen molar-refractivity contribution in [3.05, 3.63) is 0 Å². The fraction of sp³-hybridized carbons (Fsp3) is 0.923. The summed E-state index contributed by atoms with van der Waals surface area (Å²) in [6, 6.07) is 2.61. The molecule has 0 spiro atoms. The van der Waals surface area contributed by atoms with Gasteiger partial charge in [0.1, 0.15) is 5.54 Å². The van der Waals surface area contributed by atoms with E-state index in [9.17, 15) is 5.26 Å². The normalized spacial score (nSPS) is 18.7. The second-order valence-electron chi connectivity index (χ2n) is 4.69. The van der Waals surface area contributed by atoms with Gasteiger partial charge in [-0.1, -0.05) is 33.1 Å². The summed E-state index contributed by atoms with van der Waals surface area (Å²) in [6.45, 7) is 6.64. The first-order chi connectivity index (χ1) is 7.29. The van der Waals surface area contributed by atoms with Crippen LogP contribution in [0.15, 0.2) is 0 Å². The highest BCUT2D eigenvalue weighted by Gasteiger charge is 2.35. The van der Waals surface area contributed by atoms with E-state index in [1.807, 2.05) is 0 Å². The van der Waals surface area contributed by atoms with E-state index in [0.717, 1.165) is 38.8 Å². The van der Waals surface area contributed by atoms with Gasteiger partial charge in [-0.3, -0.25) is 4.90 Å². The third-order valence-corrected chi connectivity index (χ3v) is 3.50. The Balaban J connectivity index is 2.71. The van der Waals surface area contributed by atoms with Crippen LogP contribution in [0, 0.1) is 11.3 Å². The molecule has 0 aromatic rings. The largest absolute Gasteiger partial charge is 0.286 e. The summed E-state index contributed by atoms with van der Waals surface area (Å²) in [7, 11) is 0. The molecule has 0 aromatic heterocycles. The molecule has 1 fully saturated rings. The van der Waals surface area contributed by atoms with Crippen LogP contribution in [0.2, 0.25) is 0 Å². The molecule has 1 aliphatic heterocycles. The topological polar surface area (TPSA) is 27.0 Å². The average Bonchev–Trinajstić information content (AvgIpc) is 2.30. The van der Waals surface area contributed by atoms with Crippen molar-refractivity contribution in [3.63, 3.8) is 0 Å². The van der Waals surface area contributed by atoms with Gasteiger partial charge in [0.2, 0.25) is 0 Å². The molecule has 0 bridgehead atoms. The Morgan fingerprint density at radius 2 is 1.60 bits per heavy atom. The number of nitriles is 1. The molecule has 15 heavy (non-hydrogen) atoms. The Morgan fingerprint density at radius 1 is 1.07 bits per heavy atom. The zero-order valence-corrected chi connectivity index (χ0v) is 10.3. The molecule has 0 aliphatic carbocycles. The van der Waals surface area contributed by atoms with Crippen LogP contribution in [0.4, 0.5) is 0 Å². The molecule has 0 N–H and O–H groups in total. The molecule has 1 saturated heterocycles. The van der Waals surface area contributed by atoms with Crippen molar-refractivity contribution in [1.29, 1.82) is 5.26 Å². The van der Waals surface area contributed by atoms with Gasteiger partial charge >= 0.3 is 0 Å². The molecule has 0 radical (unpaired) electrons. The Hall–Kier alpha value is -0.550. The van der Waals surface area contributed by atoms with E-state index < -0.39 is 0 Å². The molecule has 0 atom stereocenters. The van der Waals surface area contributed by atoms with Crippen LogP contribution in [-0.2, 0) is 0 Å². The van der Waals surface area contributed by atoms with E-state index in [2.05, 4.69) is 24.8 Å². The summed E-state index contributed by atoms with van der Waals surface area (Å²) in [5, 5.41) is 9.50. The van der Waals surface area contributed by atoms with E-state index in [1.165, 1.54) is 19.3 Å². The number of nitrogens with zero attached hydrogens (tertiary/aromatic N) is 2. The van der Waals surface area contributed by atoms with E-state index in [0.29, 0.717) is 0 Å². The molecule has 0 amide bonds. The minimum absolute atomic E-state index is 0.149. The molecule has 1 rings (SSSR count). The first-order valence-corrected chi connectivity index (χ1v) is 6.45. The zero-order valence-electron chi connectivity index (χ0n) is 10.3. The maximum Gasteiger partial charge on any atom is 0.109 e. The Bertz CT molecular complexity index is 205. The number of hydrogen-bond acceptors (Lipinski definition) is 2. The van der Waals surface area contributed by atoms with Crippen molar-refractivity contribution in [2.75, 3.05) is 13.1 Å². The van der Waals surface area contributed by atoms with Gasteiger partial charge in [0, 0.05) is 0 Å². The zero-order chi connectivity index (χ0) is 11.1. The highest BCUT2D eigenvalue weighted by atomic mass is 15.2. The van der Waals surface area contributed by atoms with Crippen molar-refractivity contribution in [2.45, 2.75) is 64.3 Å². The first kappa shape index (κ1) is 12.5. The highest BCUT2D eigenvalue weighted by molar-refractivity contribution is 5.08. The Labute approximate surface area is 94.3 Å². The average molecular weight is 208 g/mol. The third kappa shape index (κ3) is 2.95. The van der Waals surface area contributed by atoms with Crippen molar-refractivity contribution in [2.24, 2.45) is 0 Å². The van der Waals surface area contributed by atoms with Gasteiger partial charge < -0.3 is 0 Å². The fourth-order valence-electron chi connectivity index (χ4n) is 2.77. The summed E-state index contributed by atoms with van der Waals surface area (Å²) in [6.07, 6.45) is 8.20. The summed E-state index contributed by atoms with van der Waals surface area (Å²) in [5.74, 6) is 0. The molecule has 2 heteroatoms. The number of piperidine rings is 1. The summed E-state index contributed by atoms with van der Waals surface area (Å²) < 4.78 is 0. The van der Waals surface area contributed by atoms with Gasteiger partial charge in [-0.2, -0.15) is 5.26 Å². The molecular formula is C13H24N2. The predicted molar refractivity (Wildman–Crippen MR) is 63.6 cm³/mol. The molecule has 0 unspecified atom stereocenters. The third-order valence-electron chi connectivity index (χ3n) is 3.50. The van der Waals surface area contributed by atoms with Gasteiger partial charge in [-0.15, -0.1) is 0 Å².